The Balaban J connectivity index is 1.32. The Morgan fingerprint density at radius 2 is 1.58 bits per heavy atom. The molecule has 36 heavy (non-hydrogen) atoms. The van der Waals surface area contributed by atoms with Gasteiger partial charge in [0.05, 0.1) is 10.0 Å². The van der Waals surface area contributed by atoms with Crippen molar-refractivity contribution in [3.8, 4) is 28.7 Å². The fourth-order valence-corrected chi connectivity index (χ4v) is 5.02. The van der Waals surface area contributed by atoms with Crippen molar-refractivity contribution in [3.05, 3.63) is 79.9 Å². The van der Waals surface area contributed by atoms with E-state index in [9.17, 15) is 9.59 Å². The van der Waals surface area contributed by atoms with Gasteiger partial charge in [-0.1, -0.05) is 15.9 Å². The number of carbonyl (C=O) groups excluding carboxylic acids is 2. The van der Waals surface area contributed by atoms with Crippen LogP contribution in [0.2, 0.25) is 0 Å². The highest BCUT2D eigenvalue weighted by atomic mass is 79.9. The average molecular weight is 615 g/mol. The summed E-state index contributed by atoms with van der Waals surface area (Å²) >= 11 is 6.86. The number of hydrogen-bond acceptors (Lipinski definition) is 9. The van der Waals surface area contributed by atoms with Crippen LogP contribution in [0.15, 0.2) is 68.2 Å². The summed E-state index contributed by atoms with van der Waals surface area (Å²) in [7, 11) is 0. The maximum Gasteiger partial charge on any atom is 0.363 e. The molecule has 3 aromatic rings. The number of rotatable bonds is 4. The van der Waals surface area contributed by atoms with E-state index in [-0.39, 0.29) is 36.5 Å². The predicted molar refractivity (Wildman–Crippen MR) is 133 cm³/mol. The zero-order valence-corrected chi connectivity index (χ0v) is 21.3. The number of nitrogens with zero attached hydrogens (tertiary/aromatic N) is 1. The third-order valence-corrected chi connectivity index (χ3v) is 6.42. The molecular formula is C25H13Br2NO8. The molecule has 3 aliphatic heterocycles. The maximum atomic E-state index is 12.9. The number of fused-ring (bicyclic) bond motifs is 2. The van der Waals surface area contributed by atoms with Crippen LogP contribution in [-0.2, 0) is 9.53 Å². The molecule has 0 fully saturated rings. The van der Waals surface area contributed by atoms with E-state index in [2.05, 4.69) is 36.9 Å². The summed E-state index contributed by atoms with van der Waals surface area (Å²) in [5, 5.41) is 0. The highest BCUT2D eigenvalue weighted by molar-refractivity contribution is 9.11. The molecule has 0 N–H and O–H groups in total. The molecule has 3 aromatic carbocycles. The Morgan fingerprint density at radius 3 is 2.36 bits per heavy atom. The molecule has 3 aliphatic rings. The molecule has 0 saturated heterocycles. The van der Waals surface area contributed by atoms with Gasteiger partial charge in [0.25, 0.3) is 0 Å². The minimum absolute atomic E-state index is 0.0352. The van der Waals surface area contributed by atoms with Crippen molar-refractivity contribution in [2.45, 2.75) is 0 Å². The first-order valence-electron chi connectivity index (χ1n) is 10.5. The van der Waals surface area contributed by atoms with E-state index in [4.69, 9.17) is 28.4 Å². The van der Waals surface area contributed by atoms with E-state index < -0.39 is 11.9 Å². The van der Waals surface area contributed by atoms with E-state index in [1.807, 2.05) is 0 Å². The smallest absolute Gasteiger partial charge is 0.363 e. The second kappa shape index (κ2) is 8.99. The minimum Gasteiger partial charge on any atom is -0.454 e. The van der Waals surface area contributed by atoms with Gasteiger partial charge in [-0.25, -0.2) is 14.6 Å². The van der Waals surface area contributed by atoms with Crippen LogP contribution in [0.1, 0.15) is 21.5 Å². The molecule has 0 aliphatic carbocycles. The monoisotopic (exact) mass is 613 g/mol. The number of cyclic esters (lactones) is 1. The maximum absolute atomic E-state index is 12.9. The fraction of sp³-hybridized carbons (Fsp3) is 0.0800. The van der Waals surface area contributed by atoms with Crippen molar-refractivity contribution < 1.29 is 38.0 Å². The molecule has 3 heterocycles. The highest BCUT2D eigenvalue weighted by Crippen LogP contribution is 2.38. The molecule has 11 heteroatoms. The van der Waals surface area contributed by atoms with E-state index in [0.29, 0.717) is 43.1 Å². The van der Waals surface area contributed by atoms with Gasteiger partial charge in [-0.15, -0.1) is 0 Å². The Bertz CT molecular complexity index is 1510. The van der Waals surface area contributed by atoms with Gasteiger partial charge in [0.15, 0.2) is 34.4 Å². The summed E-state index contributed by atoms with van der Waals surface area (Å²) in [4.78, 5) is 29.9. The van der Waals surface area contributed by atoms with Gasteiger partial charge in [0, 0.05) is 15.6 Å². The predicted octanol–water partition coefficient (Wildman–Crippen LogP) is 5.23. The molecule has 6 rings (SSSR count). The molecule has 180 valence electrons. The van der Waals surface area contributed by atoms with Crippen LogP contribution in [0.4, 0.5) is 0 Å². The largest absolute Gasteiger partial charge is 0.454 e. The molecule has 0 spiro atoms. The SMILES string of the molecule is O=C1OC(c2ccc3c(c2)OCO3)=N/C1=C\c1cc(Br)cc(Br)c1OC(=O)c1ccc2c(c1)OCO2. The quantitative estimate of drug-likeness (QED) is 0.224. The van der Waals surface area contributed by atoms with Gasteiger partial charge >= 0.3 is 11.9 Å². The molecule has 9 nitrogen and oxygen atoms in total. The molecule has 0 aromatic heterocycles. The van der Waals surface area contributed by atoms with Gasteiger partial charge in [0.2, 0.25) is 19.5 Å². The van der Waals surface area contributed by atoms with Gasteiger partial charge in [-0.3, -0.25) is 0 Å². The van der Waals surface area contributed by atoms with Crippen LogP contribution in [0.5, 0.6) is 28.7 Å². The second-order valence-corrected chi connectivity index (χ2v) is 9.44. The Labute approximate surface area is 220 Å². The number of benzene rings is 3. The number of aliphatic imine (C=N–C) groups is 1. The zero-order chi connectivity index (χ0) is 24.8. The number of hydrogen-bond donors (Lipinski definition) is 0. The lowest BCUT2D eigenvalue weighted by molar-refractivity contribution is -0.129. The standard InChI is InChI=1S/C25H13Br2NO8/c26-15-5-14(6-17-25(30)36-23(28-17)12-1-3-18-20(7-12)33-10-31-18)22(16(27)9-15)35-24(29)13-2-4-19-21(8-13)34-11-32-19/h1-9H,10-11H2/b17-6-. The molecule has 0 atom stereocenters. The van der Waals surface area contributed by atoms with Crippen molar-refractivity contribution in [3.63, 3.8) is 0 Å². The Kier molecular flexibility index (Phi) is 5.65. The van der Waals surface area contributed by atoms with Gasteiger partial charge in [0.1, 0.15) is 0 Å². The number of esters is 2. The molecule has 0 unspecified atom stereocenters. The first-order chi connectivity index (χ1) is 17.4. The number of ether oxygens (including phenoxy) is 6. The third kappa shape index (κ3) is 4.20. The fourth-order valence-electron chi connectivity index (χ4n) is 3.68. The van der Waals surface area contributed by atoms with Crippen LogP contribution >= 0.6 is 31.9 Å². The van der Waals surface area contributed by atoms with E-state index >= 15 is 0 Å². The lowest BCUT2D eigenvalue weighted by atomic mass is 10.1. The molecule has 0 bridgehead atoms. The van der Waals surface area contributed by atoms with E-state index in [1.54, 1.807) is 48.5 Å². The molecule has 0 saturated carbocycles. The summed E-state index contributed by atoms with van der Waals surface area (Å²) in [6.07, 6.45) is 1.49. The number of halogens is 2. The topological polar surface area (TPSA) is 102 Å². The highest BCUT2D eigenvalue weighted by Gasteiger charge is 2.27. The van der Waals surface area contributed by atoms with Crippen LogP contribution in [0.25, 0.3) is 6.08 Å². The Hall–Kier alpha value is -3.83. The van der Waals surface area contributed by atoms with Crippen LogP contribution in [0, 0.1) is 0 Å². The summed E-state index contributed by atoms with van der Waals surface area (Å²) in [6.45, 7) is 0.219. The molecule has 0 radical (unpaired) electrons. The molecule has 0 amide bonds. The summed E-state index contributed by atoms with van der Waals surface area (Å²) in [5.41, 5.74) is 1.29. The first-order valence-corrected chi connectivity index (χ1v) is 12.1. The zero-order valence-electron chi connectivity index (χ0n) is 18.1. The van der Waals surface area contributed by atoms with Gasteiger partial charge in [-0.05, 0) is 70.5 Å². The van der Waals surface area contributed by atoms with Crippen LogP contribution in [-0.4, -0.2) is 31.4 Å². The molecular weight excluding hydrogens is 602 g/mol. The van der Waals surface area contributed by atoms with Crippen molar-refractivity contribution in [1.29, 1.82) is 0 Å². The van der Waals surface area contributed by atoms with Crippen molar-refractivity contribution in [1.82, 2.24) is 0 Å². The summed E-state index contributed by atoms with van der Waals surface area (Å²) in [5.74, 6) is 1.22. The van der Waals surface area contributed by atoms with E-state index in [0.717, 1.165) is 0 Å². The normalized spacial score (nSPS) is 16.2. The second-order valence-electron chi connectivity index (χ2n) is 7.67. The van der Waals surface area contributed by atoms with Crippen molar-refractivity contribution in [2.75, 3.05) is 13.6 Å². The lowest BCUT2D eigenvalue weighted by Crippen LogP contribution is -2.10. The van der Waals surface area contributed by atoms with E-state index in [1.165, 1.54) is 6.08 Å². The van der Waals surface area contributed by atoms with Crippen molar-refractivity contribution in [2.24, 2.45) is 4.99 Å². The summed E-state index contributed by atoms with van der Waals surface area (Å²) < 4.78 is 33.6. The van der Waals surface area contributed by atoms with Gasteiger partial charge in [-0.2, -0.15) is 0 Å². The lowest BCUT2D eigenvalue weighted by Gasteiger charge is -2.11. The minimum atomic E-state index is -0.646. The number of carbonyl (C=O) groups is 2. The van der Waals surface area contributed by atoms with Crippen molar-refractivity contribution >= 4 is 55.8 Å². The van der Waals surface area contributed by atoms with Crippen LogP contribution in [0.3, 0.4) is 0 Å². The van der Waals surface area contributed by atoms with Gasteiger partial charge < -0.3 is 28.4 Å². The average Bonchev–Trinajstić information content (AvgIpc) is 3.60. The summed E-state index contributed by atoms with van der Waals surface area (Å²) in [6, 6.07) is 13.3. The third-order valence-electron chi connectivity index (χ3n) is 5.37. The first kappa shape index (κ1) is 22.6. The van der Waals surface area contributed by atoms with Crippen LogP contribution < -0.4 is 23.7 Å². The Morgan fingerprint density at radius 1 is 0.889 bits per heavy atom.